The summed E-state index contributed by atoms with van der Waals surface area (Å²) in [5.41, 5.74) is 5.33. The van der Waals surface area contributed by atoms with Crippen molar-refractivity contribution in [2.75, 3.05) is 18.2 Å². The predicted molar refractivity (Wildman–Crippen MR) is 124 cm³/mol. The van der Waals surface area contributed by atoms with E-state index < -0.39 is 0 Å². The van der Waals surface area contributed by atoms with Gasteiger partial charge in [-0.15, -0.1) is 23.1 Å². The molecular weight excluding hydrogens is 398 g/mol. The second kappa shape index (κ2) is 9.57. The van der Waals surface area contributed by atoms with Gasteiger partial charge in [0.2, 0.25) is 5.91 Å². The van der Waals surface area contributed by atoms with E-state index in [1.54, 1.807) is 23.6 Å². The molecule has 0 aliphatic carbocycles. The van der Waals surface area contributed by atoms with Gasteiger partial charge in [-0.2, -0.15) is 0 Å². The Morgan fingerprint density at radius 3 is 2.31 bits per heavy atom. The Bertz CT molecular complexity index is 962. The molecule has 152 valence electrons. The molecule has 0 radical (unpaired) electrons. The number of para-hydroxylation sites is 1. The number of thioether (sulfide) groups is 1. The zero-order chi connectivity index (χ0) is 21.0. The number of carbonyl (C=O) groups excluding carboxylic acids is 1. The van der Waals surface area contributed by atoms with Crippen LogP contribution < -0.4 is 4.90 Å². The summed E-state index contributed by atoms with van der Waals surface area (Å²) in [7, 11) is 2.09. The standard InChI is InChI=1S/C23H27N3OS2/c1-16-7-6-8-17(2)22(16)26(18(3)27)23-24-20(15-29-23)14-25(4)13-19-9-11-21(28-5)12-10-19/h6-12,15H,13-14H2,1-5H3. The van der Waals surface area contributed by atoms with Crippen molar-refractivity contribution < 1.29 is 4.79 Å². The fraction of sp³-hybridized carbons (Fsp3) is 0.304. The van der Waals surface area contributed by atoms with Gasteiger partial charge in [0.15, 0.2) is 5.13 Å². The zero-order valence-electron chi connectivity index (χ0n) is 17.6. The first-order valence-electron chi connectivity index (χ1n) is 9.52. The molecule has 0 saturated carbocycles. The highest BCUT2D eigenvalue weighted by atomic mass is 32.2. The van der Waals surface area contributed by atoms with Gasteiger partial charge in [0.05, 0.1) is 11.4 Å². The maximum absolute atomic E-state index is 12.5. The number of thiazole rings is 1. The lowest BCUT2D eigenvalue weighted by Crippen LogP contribution is -2.24. The van der Waals surface area contributed by atoms with Gasteiger partial charge < -0.3 is 0 Å². The summed E-state index contributed by atoms with van der Waals surface area (Å²) < 4.78 is 0. The van der Waals surface area contributed by atoms with Crippen molar-refractivity contribution in [3.05, 3.63) is 70.2 Å². The van der Waals surface area contributed by atoms with Gasteiger partial charge in [-0.3, -0.25) is 14.6 Å². The highest BCUT2D eigenvalue weighted by molar-refractivity contribution is 7.98. The quantitative estimate of drug-likeness (QED) is 0.448. The van der Waals surface area contributed by atoms with Crippen LogP contribution in [0.5, 0.6) is 0 Å². The van der Waals surface area contributed by atoms with E-state index in [0.29, 0.717) is 0 Å². The largest absolute Gasteiger partial charge is 0.296 e. The summed E-state index contributed by atoms with van der Waals surface area (Å²) in [4.78, 5) is 22.5. The average molecular weight is 426 g/mol. The number of aryl methyl sites for hydroxylation is 2. The molecule has 0 aliphatic rings. The lowest BCUT2D eigenvalue weighted by molar-refractivity contribution is -0.115. The van der Waals surface area contributed by atoms with Gasteiger partial charge in [0.25, 0.3) is 0 Å². The Labute approximate surface area is 181 Å². The van der Waals surface area contributed by atoms with Gasteiger partial charge in [-0.1, -0.05) is 30.3 Å². The summed E-state index contributed by atoms with van der Waals surface area (Å²) in [6.07, 6.45) is 2.09. The molecule has 1 amide bonds. The van der Waals surface area contributed by atoms with Crippen molar-refractivity contribution in [1.29, 1.82) is 0 Å². The van der Waals surface area contributed by atoms with Crippen LogP contribution in [0.4, 0.5) is 10.8 Å². The van der Waals surface area contributed by atoms with Crippen LogP contribution >= 0.6 is 23.1 Å². The third-order valence-electron chi connectivity index (χ3n) is 4.75. The number of hydrogen-bond donors (Lipinski definition) is 0. The summed E-state index contributed by atoms with van der Waals surface area (Å²) in [6.45, 7) is 7.25. The normalized spacial score (nSPS) is 11.1. The van der Waals surface area contributed by atoms with Crippen LogP contribution in [-0.2, 0) is 17.9 Å². The van der Waals surface area contributed by atoms with Crippen molar-refractivity contribution in [2.24, 2.45) is 0 Å². The molecule has 29 heavy (non-hydrogen) atoms. The summed E-state index contributed by atoms with van der Waals surface area (Å²) >= 11 is 3.27. The number of rotatable bonds is 7. The van der Waals surface area contributed by atoms with Crippen LogP contribution in [0, 0.1) is 13.8 Å². The Hall–Kier alpha value is -2.15. The molecule has 0 saturated heterocycles. The van der Waals surface area contributed by atoms with E-state index in [1.165, 1.54) is 21.8 Å². The van der Waals surface area contributed by atoms with E-state index in [1.807, 2.05) is 37.4 Å². The minimum absolute atomic E-state index is 0.0226. The van der Waals surface area contributed by atoms with Crippen LogP contribution in [-0.4, -0.2) is 29.1 Å². The van der Waals surface area contributed by atoms with Crippen molar-refractivity contribution in [1.82, 2.24) is 9.88 Å². The molecule has 2 aromatic carbocycles. The van der Waals surface area contributed by atoms with Crippen LogP contribution in [0.3, 0.4) is 0 Å². The van der Waals surface area contributed by atoms with Crippen molar-refractivity contribution in [3.8, 4) is 0 Å². The molecule has 3 rings (SSSR count). The number of anilines is 2. The Balaban J connectivity index is 1.75. The van der Waals surface area contributed by atoms with Crippen molar-refractivity contribution in [2.45, 2.75) is 38.8 Å². The maximum Gasteiger partial charge on any atom is 0.230 e. The topological polar surface area (TPSA) is 36.4 Å². The number of amides is 1. The van der Waals surface area contributed by atoms with Gasteiger partial charge >= 0.3 is 0 Å². The van der Waals surface area contributed by atoms with E-state index in [4.69, 9.17) is 4.98 Å². The summed E-state index contributed by atoms with van der Waals surface area (Å²) in [5.74, 6) is -0.0226. The minimum atomic E-state index is -0.0226. The smallest absolute Gasteiger partial charge is 0.230 e. The van der Waals surface area contributed by atoms with Crippen molar-refractivity contribution >= 4 is 39.8 Å². The van der Waals surface area contributed by atoms with Gasteiger partial charge in [-0.25, -0.2) is 4.98 Å². The van der Waals surface area contributed by atoms with Crippen LogP contribution in [0.2, 0.25) is 0 Å². The number of hydrogen-bond acceptors (Lipinski definition) is 5. The third-order valence-corrected chi connectivity index (χ3v) is 6.37. The SMILES string of the molecule is CSc1ccc(CN(C)Cc2csc(N(C(C)=O)c3c(C)cccc3C)n2)cc1. The van der Waals surface area contributed by atoms with E-state index in [9.17, 15) is 4.79 Å². The highest BCUT2D eigenvalue weighted by Gasteiger charge is 2.21. The first-order chi connectivity index (χ1) is 13.9. The fourth-order valence-corrected chi connectivity index (χ4v) is 4.66. The number of aromatic nitrogens is 1. The molecule has 0 N–H and O–H groups in total. The lowest BCUT2D eigenvalue weighted by Gasteiger charge is -2.22. The van der Waals surface area contributed by atoms with Crippen molar-refractivity contribution in [3.63, 3.8) is 0 Å². The number of nitrogens with zero attached hydrogens (tertiary/aromatic N) is 3. The van der Waals surface area contributed by atoms with Gasteiger partial charge in [0, 0.05) is 30.3 Å². The van der Waals surface area contributed by atoms with E-state index in [0.717, 1.165) is 40.7 Å². The lowest BCUT2D eigenvalue weighted by atomic mass is 10.1. The predicted octanol–water partition coefficient (Wildman–Crippen LogP) is 5.80. The second-order valence-corrected chi connectivity index (χ2v) is 8.95. The highest BCUT2D eigenvalue weighted by Crippen LogP contribution is 2.34. The summed E-state index contributed by atoms with van der Waals surface area (Å²) in [5, 5.41) is 2.77. The zero-order valence-corrected chi connectivity index (χ0v) is 19.2. The molecular formula is C23H27N3OS2. The van der Waals surface area contributed by atoms with Crippen LogP contribution in [0.1, 0.15) is 29.3 Å². The second-order valence-electron chi connectivity index (χ2n) is 7.24. The number of carbonyl (C=O) groups is 1. The summed E-state index contributed by atoms with van der Waals surface area (Å²) in [6, 6.07) is 14.7. The van der Waals surface area contributed by atoms with Crippen LogP contribution in [0.15, 0.2) is 52.7 Å². The van der Waals surface area contributed by atoms with E-state index in [-0.39, 0.29) is 5.91 Å². The number of benzene rings is 2. The Morgan fingerprint density at radius 1 is 1.07 bits per heavy atom. The van der Waals surface area contributed by atoms with Gasteiger partial charge in [-0.05, 0) is 56.0 Å². The molecule has 0 fully saturated rings. The first-order valence-corrected chi connectivity index (χ1v) is 11.6. The molecule has 3 aromatic rings. The molecule has 1 heterocycles. The molecule has 1 aromatic heterocycles. The molecule has 0 unspecified atom stereocenters. The monoisotopic (exact) mass is 425 g/mol. The first kappa shape index (κ1) is 21.6. The average Bonchev–Trinajstić information content (AvgIpc) is 3.12. The maximum atomic E-state index is 12.5. The van der Waals surface area contributed by atoms with E-state index >= 15 is 0 Å². The van der Waals surface area contributed by atoms with Gasteiger partial charge in [0.1, 0.15) is 0 Å². The molecule has 0 aliphatic heterocycles. The molecule has 0 atom stereocenters. The fourth-order valence-electron chi connectivity index (χ4n) is 3.39. The Morgan fingerprint density at radius 2 is 1.72 bits per heavy atom. The molecule has 0 bridgehead atoms. The Kier molecular flexibility index (Phi) is 7.11. The minimum Gasteiger partial charge on any atom is -0.296 e. The molecule has 4 nitrogen and oxygen atoms in total. The molecule has 0 spiro atoms. The molecule has 6 heteroatoms. The third kappa shape index (κ3) is 5.26. The van der Waals surface area contributed by atoms with Crippen LogP contribution in [0.25, 0.3) is 0 Å². The van der Waals surface area contributed by atoms with E-state index in [2.05, 4.69) is 42.5 Å².